The van der Waals surface area contributed by atoms with E-state index in [1.165, 1.54) is 16.7 Å². The average Bonchev–Trinajstić information content (AvgIpc) is 3.64. The summed E-state index contributed by atoms with van der Waals surface area (Å²) in [5.41, 5.74) is 13.0. The summed E-state index contributed by atoms with van der Waals surface area (Å²) in [5, 5.41) is 7.37. The van der Waals surface area contributed by atoms with Crippen LogP contribution in [0.2, 0.25) is 0 Å². The fraction of sp³-hybridized carbons (Fsp3) is 0.400. The Morgan fingerprint density at radius 2 is 1.60 bits per heavy atom. The summed E-state index contributed by atoms with van der Waals surface area (Å²) >= 11 is 0. The van der Waals surface area contributed by atoms with Crippen LogP contribution in [0.5, 0.6) is 0 Å². The molecule has 0 bridgehead atoms. The first-order valence-electron chi connectivity index (χ1n) is 15.7. The highest BCUT2D eigenvalue weighted by molar-refractivity contribution is 5.99. The lowest BCUT2D eigenvalue weighted by molar-refractivity contribution is 0.0323. The average molecular weight is 609 g/mol. The molecule has 2 aromatic heterocycles. The van der Waals surface area contributed by atoms with Crippen molar-refractivity contribution >= 4 is 11.7 Å². The van der Waals surface area contributed by atoms with Crippen LogP contribution in [-0.4, -0.2) is 101 Å². The number of nitrogens with zero attached hydrogens (tertiary/aromatic N) is 6. The highest BCUT2D eigenvalue weighted by Gasteiger charge is 2.33. The number of pyridine rings is 1. The number of hydrogen-bond acceptors (Lipinski definition) is 8. The summed E-state index contributed by atoms with van der Waals surface area (Å²) in [6, 6.07) is 19.6. The molecule has 4 aromatic rings. The molecule has 4 heterocycles. The topological polar surface area (TPSA) is 105 Å². The lowest BCUT2D eigenvalue weighted by atomic mass is 9.99. The molecule has 10 heteroatoms. The normalized spacial score (nSPS) is 20.4. The number of ether oxygens (including phenoxy) is 1. The van der Waals surface area contributed by atoms with Gasteiger partial charge < -0.3 is 25.6 Å². The molecule has 0 spiro atoms. The van der Waals surface area contributed by atoms with Crippen LogP contribution >= 0.6 is 0 Å². The summed E-state index contributed by atoms with van der Waals surface area (Å²) in [5.74, 6) is -0.0591. The Hall–Kier alpha value is -4.09. The number of anilines is 1. The third-order valence-electron chi connectivity index (χ3n) is 9.20. The Bertz CT molecular complexity index is 1590. The number of benzene rings is 2. The Labute approximate surface area is 265 Å². The molecule has 6 rings (SSSR count). The fourth-order valence-corrected chi connectivity index (χ4v) is 6.27. The number of nitrogens with one attached hydrogen (secondary N) is 1. The minimum Gasteiger partial charge on any atom is -0.383 e. The predicted molar refractivity (Wildman–Crippen MR) is 178 cm³/mol. The van der Waals surface area contributed by atoms with Gasteiger partial charge >= 0.3 is 0 Å². The number of carbonyl (C=O) groups excluding carboxylic acids is 1. The van der Waals surface area contributed by atoms with Crippen molar-refractivity contribution in [3.8, 4) is 22.3 Å². The van der Waals surface area contributed by atoms with Crippen molar-refractivity contribution in [1.29, 1.82) is 0 Å². The van der Waals surface area contributed by atoms with E-state index in [-0.39, 0.29) is 23.9 Å². The second kappa shape index (κ2) is 13.5. The van der Waals surface area contributed by atoms with E-state index in [2.05, 4.69) is 92.6 Å². The van der Waals surface area contributed by atoms with Gasteiger partial charge in [-0.3, -0.25) is 14.4 Å². The van der Waals surface area contributed by atoms with Gasteiger partial charge in [0.05, 0.1) is 30.5 Å². The highest BCUT2D eigenvalue weighted by atomic mass is 16.5. The summed E-state index contributed by atoms with van der Waals surface area (Å²) in [7, 11) is 6.08. The van der Waals surface area contributed by atoms with Gasteiger partial charge in [0.2, 0.25) is 0 Å². The molecule has 236 valence electrons. The molecule has 0 aliphatic carbocycles. The molecule has 3 N–H and O–H groups in total. The molecule has 0 saturated carbocycles. The van der Waals surface area contributed by atoms with Crippen molar-refractivity contribution < 1.29 is 9.53 Å². The third kappa shape index (κ3) is 7.26. The summed E-state index contributed by atoms with van der Waals surface area (Å²) < 4.78 is 8.08. The van der Waals surface area contributed by atoms with Crippen LogP contribution in [0.25, 0.3) is 22.3 Å². The molecule has 1 amide bonds. The number of rotatable bonds is 9. The second-order valence-electron chi connectivity index (χ2n) is 12.5. The lowest BCUT2D eigenvalue weighted by Crippen LogP contribution is -2.45. The van der Waals surface area contributed by atoms with E-state index in [0.29, 0.717) is 24.8 Å². The largest absolute Gasteiger partial charge is 0.383 e. The minimum absolute atomic E-state index is 0.149. The number of likely N-dealkylation sites (N-methyl/N-ethyl adjacent to an activating group) is 2. The van der Waals surface area contributed by atoms with Crippen molar-refractivity contribution in [3.63, 3.8) is 0 Å². The van der Waals surface area contributed by atoms with Crippen LogP contribution in [0.4, 0.5) is 5.82 Å². The fourth-order valence-electron chi connectivity index (χ4n) is 6.27. The van der Waals surface area contributed by atoms with E-state index >= 15 is 0 Å². The summed E-state index contributed by atoms with van der Waals surface area (Å²) in [6.07, 6.45) is 5.13. The third-order valence-corrected chi connectivity index (χ3v) is 9.20. The standard InChI is InChI=1S/C35H44N8O2/c1-24(43-15-13-40(2)14-16-43)26-9-11-28(12-10-26)27-7-5-25(6-8-27)23-45-33-22-41(3)21-32(33)39-35(44)31-17-29(18-37-34(31)36)30-19-38-42(4)20-30/h5-12,17-20,24,32-33H,13-16,21-23H2,1-4H3,(H2,36,37)(H,39,44)/t24?,32-,33-/m0/s1. The van der Waals surface area contributed by atoms with Gasteiger partial charge in [-0.1, -0.05) is 48.5 Å². The quantitative estimate of drug-likeness (QED) is 0.297. The lowest BCUT2D eigenvalue weighted by Gasteiger charge is -2.36. The van der Waals surface area contributed by atoms with Crippen LogP contribution in [-0.2, 0) is 18.4 Å². The molecule has 2 saturated heterocycles. The van der Waals surface area contributed by atoms with Crippen LogP contribution in [0.3, 0.4) is 0 Å². The first kappa shape index (κ1) is 30.9. The molecule has 3 atom stereocenters. The van der Waals surface area contributed by atoms with Crippen molar-refractivity contribution in [3.05, 3.63) is 89.9 Å². The van der Waals surface area contributed by atoms with E-state index in [1.807, 2.05) is 20.3 Å². The van der Waals surface area contributed by atoms with E-state index < -0.39 is 0 Å². The number of aromatic nitrogens is 3. The second-order valence-corrected chi connectivity index (χ2v) is 12.5. The van der Waals surface area contributed by atoms with E-state index in [4.69, 9.17) is 10.5 Å². The van der Waals surface area contributed by atoms with Gasteiger partial charge in [-0.2, -0.15) is 5.10 Å². The maximum absolute atomic E-state index is 13.3. The maximum Gasteiger partial charge on any atom is 0.255 e. The van der Waals surface area contributed by atoms with Gasteiger partial charge in [0, 0.05) is 75.9 Å². The smallest absolute Gasteiger partial charge is 0.255 e. The van der Waals surface area contributed by atoms with Gasteiger partial charge in [0.15, 0.2) is 0 Å². The summed E-state index contributed by atoms with van der Waals surface area (Å²) in [4.78, 5) is 24.7. The number of amides is 1. The Morgan fingerprint density at radius 3 is 2.27 bits per heavy atom. The molecular formula is C35H44N8O2. The molecule has 2 fully saturated rings. The van der Waals surface area contributed by atoms with Gasteiger partial charge in [0.25, 0.3) is 5.91 Å². The Morgan fingerprint density at radius 1 is 0.911 bits per heavy atom. The van der Waals surface area contributed by atoms with Crippen molar-refractivity contribution in [2.45, 2.75) is 31.7 Å². The molecular weight excluding hydrogens is 564 g/mol. The van der Waals surface area contributed by atoms with Gasteiger partial charge in [-0.25, -0.2) is 4.98 Å². The van der Waals surface area contributed by atoms with Crippen molar-refractivity contribution in [2.75, 3.05) is 59.1 Å². The molecule has 45 heavy (non-hydrogen) atoms. The van der Waals surface area contributed by atoms with Crippen LogP contribution in [0.1, 0.15) is 34.5 Å². The van der Waals surface area contributed by atoms with Gasteiger partial charge in [-0.05, 0) is 49.3 Å². The van der Waals surface area contributed by atoms with Gasteiger partial charge in [0.1, 0.15) is 5.82 Å². The first-order valence-corrected chi connectivity index (χ1v) is 15.7. The number of nitrogen functional groups attached to an aromatic ring is 1. The molecule has 2 aromatic carbocycles. The number of likely N-dealkylation sites (tertiary alicyclic amines) is 1. The number of carbonyl (C=O) groups is 1. The number of hydrogen-bond donors (Lipinski definition) is 2. The zero-order valence-electron chi connectivity index (χ0n) is 26.7. The van der Waals surface area contributed by atoms with Crippen LogP contribution in [0, 0.1) is 0 Å². The molecule has 2 aliphatic heterocycles. The summed E-state index contributed by atoms with van der Waals surface area (Å²) in [6.45, 7) is 8.66. The molecule has 10 nitrogen and oxygen atoms in total. The zero-order valence-corrected chi connectivity index (χ0v) is 26.7. The zero-order chi connectivity index (χ0) is 31.5. The van der Waals surface area contributed by atoms with E-state index in [1.54, 1.807) is 23.1 Å². The van der Waals surface area contributed by atoms with Crippen molar-refractivity contribution in [1.82, 2.24) is 34.8 Å². The van der Waals surface area contributed by atoms with Crippen LogP contribution in [0.15, 0.2) is 73.2 Å². The van der Waals surface area contributed by atoms with E-state index in [0.717, 1.165) is 49.4 Å². The Kier molecular flexibility index (Phi) is 9.27. The first-order chi connectivity index (χ1) is 21.7. The van der Waals surface area contributed by atoms with Crippen molar-refractivity contribution in [2.24, 2.45) is 7.05 Å². The number of piperazine rings is 1. The molecule has 2 aliphatic rings. The molecule has 0 radical (unpaired) electrons. The van der Waals surface area contributed by atoms with E-state index in [9.17, 15) is 4.79 Å². The minimum atomic E-state index is -0.257. The highest BCUT2D eigenvalue weighted by Crippen LogP contribution is 2.27. The van der Waals surface area contributed by atoms with Crippen LogP contribution < -0.4 is 11.1 Å². The Balaban J connectivity index is 1.05. The number of aryl methyl sites for hydroxylation is 1. The van der Waals surface area contributed by atoms with Gasteiger partial charge in [-0.15, -0.1) is 0 Å². The molecule has 1 unspecified atom stereocenters. The monoisotopic (exact) mass is 608 g/mol. The predicted octanol–water partition coefficient (Wildman–Crippen LogP) is 3.67. The SMILES string of the molecule is CC(c1ccc(-c2ccc(CO[C@H]3CN(C)C[C@@H]3NC(=O)c3cc(-c4cnn(C)c4)cnc3N)cc2)cc1)N1CCN(C)CC1. The maximum atomic E-state index is 13.3. The number of nitrogens with two attached hydrogens (primary N) is 1.